The Labute approximate surface area is 92.0 Å². The van der Waals surface area contributed by atoms with Gasteiger partial charge in [-0.25, -0.2) is 0 Å². The molecule has 0 saturated carbocycles. The lowest BCUT2D eigenvalue weighted by Crippen LogP contribution is -2.46. The molecule has 0 unspecified atom stereocenters. The number of aromatic amines is 1. The van der Waals surface area contributed by atoms with Crippen LogP contribution in [0.15, 0.2) is 49.2 Å². The van der Waals surface area contributed by atoms with Crippen molar-refractivity contribution in [1.29, 1.82) is 0 Å². The number of aromatic nitrogens is 6. The van der Waals surface area contributed by atoms with Gasteiger partial charge < -0.3 is 0 Å². The number of hydrogen-bond donors (Lipinski definition) is 1. The third kappa shape index (κ3) is 1.42. The van der Waals surface area contributed by atoms with Crippen molar-refractivity contribution in [2.75, 3.05) is 0 Å². The standard InChI is InChI=1S/C9H9BN6/c1-4-12-15(7-1)10(9-3-6-11-14-9)16-8-2-5-13-16/h1-8H,(H,11,14). The van der Waals surface area contributed by atoms with Gasteiger partial charge in [0.15, 0.2) is 0 Å². The van der Waals surface area contributed by atoms with Crippen molar-refractivity contribution >= 4 is 12.6 Å². The Bertz CT molecular complexity index is 445. The first-order chi connectivity index (χ1) is 7.95. The summed E-state index contributed by atoms with van der Waals surface area (Å²) in [4.78, 5) is 0. The minimum absolute atomic E-state index is 0.118. The highest BCUT2D eigenvalue weighted by atomic mass is 15.3. The van der Waals surface area contributed by atoms with E-state index in [1.807, 2.05) is 39.8 Å². The summed E-state index contributed by atoms with van der Waals surface area (Å²) in [7, 11) is 0. The Morgan fingerprint density at radius 1 is 1.00 bits per heavy atom. The quantitative estimate of drug-likeness (QED) is 0.600. The van der Waals surface area contributed by atoms with Crippen molar-refractivity contribution in [3.63, 3.8) is 0 Å². The largest absolute Gasteiger partial charge is 0.472 e. The smallest absolute Gasteiger partial charge is 0.287 e. The van der Waals surface area contributed by atoms with E-state index < -0.39 is 0 Å². The van der Waals surface area contributed by atoms with Gasteiger partial charge in [-0.2, -0.15) is 15.3 Å². The zero-order chi connectivity index (χ0) is 10.8. The molecule has 0 fully saturated rings. The van der Waals surface area contributed by atoms with Crippen molar-refractivity contribution in [1.82, 2.24) is 29.6 Å². The van der Waals surface area contributed by atoms with Crippen molar-refractivity contribution in [2.45, 2.75) is 0 Å². The summed E-state index contributed by atoms with van der Waals surface area (Å²) in [5.41, 5.74) is 0.937. The van der Waals surface area contributed by atoms with Gasteiger partial charge in [0, 0.05) is 31.0 Å². The molecule has 0 bridgehead atoms. The second-order valence-corrected chi connectivity index (χ2v) is 3.36. The summed E-state index contributed by atoms with van der Waals surface area (Å²) in [6.07, 6.45) is 9.00. The van der Waals surface area contributed by atoms with Gasteiger partial charge in [0.05, 0.1) is 5.59 Å². The van der Waals surface area contributed by atoms with Crippen LogP contribution in [0.5, 0.6) is 0 Å². The van der Waals surface area contributed by atoms with Crippen molar-refractivity contribution in [3.8, 4) is 0 Å². The average Bonchev–Trinajstić information content (AvgIpc) is 3.02. The van der Waals surface area contributed by atoms with E-state index in [1.165, 1.54) is 0 Å². The third-order valence-electron chi connectivity index (χ3n) is 2.35. The highest BCUT2D eigenvalue weighted by molar-refractivity contribution is 6.68. The number of rotatable bonds is 3. The first kappa shape index (κ1) is 8.96. The Morgan fingerprint density at radius 3 is 2.12 bits per heavy atom. The van der Waals surface area contributed by atoms with Crippen molar-refractivity contribution in [3.05, 3.63) is 49.2 Å². The van der Waals surface area contributed by atoms with Crippen LogP contribution >= 0.6 is 0 Å². The van der Waals surface area contributed by atoms with Crippen LogP contribution in [-0.4, -0.2) is 36.6 Å². The summed E-state index contributed by atoms with van der Waals surface area (Å²) < 4.78 is 3.64. The Balaban J connectivity index is 2.09. The molecular formula is C9H9BN6. The van der Waals surface area contributed by atoms with Crippen LogP contribution in [0.1, 0.15) is 0 Å². The summed E-state index contributed by atoms with van der Waals surface area (Å²) in [5, 5.41) is 15.4. The van der Waals surface area contributed by atoms with Crippen molar-refractivity contribution in [2.24, 2.45) is 0 Å². The highest BCUT2D eigenvalue weighted by Gasteiger charge is 2.25. The minimum atomic E-state index is -0.118. The van der Waals surface area contributed by atoms with Crippen LogP contribution in [0, 0.1) is 0 Å². The van der Waals surface area contributed by atoms with Gasteiger partial charge in [0.2, 0.25) is 0 Å². The first-order valence-electron chi connectivity index (χ1n) is 4.93. The normalized spacial score (nSPS) is 10.5. The van der Waals surface area contributed by atoms with Crippen LogP contribution in [0.25, 0.3) is 0 Å². The topological polar surface area (TPSA) is 64.3 Å². The van der Waals surface area contributed by atoms with E-state index in [-0.39, 0.29) is 6.98 Å². The lowest BCUT2D eigenvalue weighted by Gasteiger charge is -2.11. The maximum atomic E-state index is 4.24. The van der Waals surface area contributed by atoms with Crippen LogP contribution in [0.4, 0.5) is 0 Å². The molecule has 6 nitrogen and oxygen atoms in total. The zero-order valence-corrected chi connectivity index (χ0v) is 8.43. The minimum Gasteiger partial charge on any atom is -0.287 e. The Hall–Kier alpha value is -2.31. The van der Waals surface area contributed by atoms with Gasteiger partial charge in [0.1, 0.15) is 0 Å². The van der Waals surface area contributed by atoms with E-state index in [0.717, 1.165) is 5.59 Å². The Morgan fingerprint density at radius 2 is 1.69 bits per heavy atom. The summed E-state index contributed by atoms with van der Waals surface area (Å²) in [5.74, 6) is 0. The third-order valence-corrected chi connectivity index (χ3v) is 2.35. The number of hydrogen-bond acceptors (Lipinski definition) is 3. The molecule has 0 aliphatic rings. The van der Waals surface area contributed by atoms with Gasteiger partial charge in [0.25, 0.3) is 0 Å². The van der Waals surface area contributed by atoms with E-state index >= 15 is 0 Å². The molecule has 78 valence electrons. The molecule has 3 aromatic heterocycles. The number of H-pyrrole nitrogens is 1. The summed E-state index contributed by atoms with van der Waals surface area (Å²) in [6, 6.07) is 5.67. The molecule has 3 rings (SSSR count). The van der Waals surface area contributed by atoms with Gasteiger partial charge in [-0.15, -0.1) is 0 Å². The fourth-order valence-corrected chi connectivity index (χ4v) is 1.67. The molecule has 0 saturated heterocycles. The molecule has 1 N–H and O–H groups in total. The van der Waals surface area contributed by atoms with Gasteiger partial charge in [-0.05, 0) is 18.2 Å². The highest BCUT2D eigenvalue weighted by Crippen LogP contribution is 1.94. The Kier molecular flexibility index (Phi) is 2.07. The predicted molar refractivity (Wildman–Crippen MR) is 59.2 cm³/mol. The van der Waals surface area contributed by atoms with Crippen molar-refractivity contribution < 1.29 is 0 Å². The van der Waals surface area contributed by atoms with E-state index in [0.29, 0.717) is 0 Å². The molecule has 0 aromatic carbocycles. The summed E-state index contributed by atoms with van der Waals surface area (Å²) >= 11 is 0. The molecule has 3 aromatic rings. The molecule has 0 atom stereocenters. The molecule has 16 heavy (non-hydrogen) atoms. The molecule has 0 aliphatic carbocycles. The monoisotopic (exact) mass is 212 g/mol. The second kappa shape index (κ2) is 3.69. The molecule has 0 spiro atoms. The van der Waals surface area contributed by atoms with E-state index in [2.05, 4.69) is 20.4 Å². The maximum Gasteiger partial charge on any atom is 0.472 e. The van der Waals surface area contributed by atoms with Crippen LogP contribution in [-0.2, 0) is 0 Å². The van der Waals surface area contributed by atoms with Crippen LogP contribution in [0.2, 0.25) is 0 Å². The first-order valence-corrected chi connectivity index (χ1v) is 4.93. The SMILES string of the molecule is c1cnn(B(c2ccn[nH]2)n2cccn2)c1. The van der Waals surface area contributed by atoms with Crippen LogP contribution in [0.3, 0.4) is 0 Å². The molecule has 7 heteroatoms. The fourth-order valence-electron chi connectivity index (χ4n) is 1.67. The van der Waals surface area contributed by atoms with Gasteiger partial charge >= 0.3 is 6.98 Å². The maximum absolute atomic E-state index is 4.24. The lowest BCUT2D eigenvalue weighted by molar-refractivity contribution is 0.860. The van der Waals surface area contributed by atoms with Gasteiger partial charge in [-0.1, -0.05) is 0 Å². The van der Waals surface area contributed by atoms with Crippen LogP contribution < -0.4 is 5.59 Å². The molecule has 0 radical (unpaired) electrons. The molecule has 3 heterocycles. The second-order valence-electron chi connectivity index (χ2n) is 3.36. The predicted octanol–water partition coefficient (Wildman–Crippen LogP) is -0.406. The summed E-state index contributed by atoms with van der Waals surface area (Å²) in [6.45, 7) is -0.118. The number of nitrogens with zero attached hydrogens (tertiary/aromatic N) is 5. The lowest BCUT2D eigenvalue weighted by atomic mass is 9.73. The average molecular weight is 212 g/mol. The van der Waals surface area contributed by atoms with E-state index in [4.69, 9.17) is 0 Å². The fraction of sp³-hybridized carbons (Fsp3) is 0. The molecule has 0 amide bonds. The zero-order valence-electron chi connectivity index (χ0n) is 8.43. The number of nitrogens with one attached hydrogen (secondary N) is 1. The van der Waals surface area contributed by atoms with E-state index in [9.17, 15) is 0 Å². The molecular weight excluding hydrogens is 203 g/mol. The van der Waals surface area contributed by atoms with Gasteiger partial charge in [-0.3, -0.25) is 14.3 Å². The van der Waals surface area contributed by atoms with E-state index in [1.54, 1.807) is 18.6 Å². The molecule has 0 aliphatic heterocycles.